The molecule has 0 fully saturated rings. The molecule has 0 amide bonds. The van der Waals surface area contributed by atoms with E-state index in [0.717, 1.165) is 0 Å². The molecule has 0 aliphatic carbocycles. The van der Waals surface area contributed by atoms with Gasteiger partial charge >= 0.3 is 0 Å². The van der Waals surface area contributed by atoms with Crippen LogP contribution in [0.1, 0.15) is 6.42 Å². The molecule has 2 N–H and O–H groups in total. The van der Waals surface area contributed by atoms with Crippen molar-refractivity contribution in [3.05, 3.63) is 12.2 Å². The Labute approximate surface area is 43.0 Å². The van der Waals surface area contributed by atoms with Crippen LogP contribution in [-0.4, -0.2) is 13.2 Å². The highest BCUT2D eigenvalue weighted by molar-refractivity contribution is 4.81. The van der Waals surface area contributed by atoms with Gasteiger partial charge in [-0.1, -0.05) is 12.2 Å². The van der Waals surface area contributed by atoms with Crippen LogP contribution >= 0.6 is 0 Å². The lowest BCUT2D eigenvalue weighted by Gasteiger charge is -1.78. The van der Waals surface area contributed by atoms with Crippen molar-refractivity contribution in [1.82, 2.24) is 0 Å². The quantitative estimate of drug-likeness (QED) is 0.527. The van der Waals surface area contributed by atoms with Crippen LogP contribution in [0.4, 0.5) is 4.39 Å². The summed E-state index contributed by atoms with van der Waals surface area (Å²) in [5.41, 5.74) is 5.06. The third-order valence-electron chi connectivity index (χ3n) is 0.579. The molecule has 0 heterocycles. The molecule has 0 unspecified atom stereocenters. The minimum Gasteiger partial charge on any atom is -0.327 e. The van der Waals surface area contributed by atoms with Gasteiger partial charge in [0.2, 0.25) is 0 Å². The number of halogens is 1. The molecule has 0 radical (unpaired) electrons. The molecule has 0 aliphatic heterocycles. The number of hydrogen-bond acceptors (Lipinski definition) is 1. The van der Waals surface area contributed by atoms with E-state index in [0.29, 0.717) is 13.0 Å². The summed E-state index contributed by atoms with van der Waals surface area (Å²) in [5, 5.41) is 0. The second kappa shape index (κ2) is 5.63. The molecule has 1 nitrogen and oxygen atoms in total. The first-order valence-electron chi connectivity index (χ1n) is 2.33. The summed E-state index contributed by atoms with van der Waals surface area (Å²) in [6.45, 7) is 0.233. The highest BCUT2D eigenvalue weighted by Crippen LogP contribution is 1.80. The van der Waals surface area contributed by atoms with E-state index in [2.05, 4.69) is 0 Å². The van der Waals surface area contributed by atoms with Crippen molar-refractivity contribution in [2.24, 2.45) is 5.73 Å². The summed E-state index contributed by atoms with van der Waals surface area (Å²) in [6, 6.07) is 0. The summed E-state index contributed by atoms with van der Waals surface area (Å²) >= 11 is 0. The standard InChI is InChI=1S/C5H10FN/c6-4-2-1-3-5-7/h1,3H,2,4-5,7H2/b3-1+. The Morgan fingerprint density at radius 1 is 1.43 bits per heavy atom. The molecule has 0 saturated heterocycles. The van der Waals surface area contributed by atoms with Gasteiger partial charge in [-0.3, -0.25) is 4.39 Å². The van der Waals surface area contributed by atoms with E-state index in [9.17, 15) is 4.39 Å². The summed E-state index contributed by atoms with van der Waals surface area (Å²) in [5.74, 6) is 0. The molecular weight excluding hydrogens is 93.1 g/mol. The van der Waals surface area contributed by atoms with E-state index >= 15 is 0 Å². The Morgan fingerprint density at radius 2 is 2.14 bits per heavy atom. The fourth-order valence-electron chi connectivity index (χ4n) is 0.277. The topological polar surface area (TPSA) is 26.0 Å². The molecule has 0 aromatic carbocycles. The maximum Gasteiger partial charge on any atom is 0.0928 e. The number of alkyl halides is 1. The highest BCUT2D eigenvalue weighted by atomic mass is 19.1. The average Bonchev–Trinajstić information content (AvgIpc) is 1.69. The summed E-state index contributed by atoms with van der Waals surface area (Å²) in [4.78, 5) is 0. The van der Waals surface area contributed by atoms with Crippen LogP contribution in [0, 0.1) is 0 Å². The van der Waals surface area contributed by atoms with Crippen molar-refractivity contribution in [3.63, 3.8) is 0 Å². The monoisotopic (exact) mass is 103 g/mol. The van der Waals surface area contributed by atoms with Gasteiger partial charge in [-0.15, -0.1) is 0 Å². The molecule has 0 bridgehead atoms. The summed E-state index contributed by atoms with van der Waals surface area (Å²) in [7, 11) is 0. The number of hydrogen-bond donors (Lipinski definition) is 1. The van der Waals surface area contributed by atoms with E-state index in [1.54, 1.807) is 12.2 Å². The van der Waals surface area contributed by atoms with Crippen LogP contribution in [-0.2, 0) is 0 Å². The molecule has 42 valence electrons. The third kappa shape index (κ3) is 5.63. The lowest BCUT2D eigenvalue weighted by Crippen LogP contribution is -1.91. The van der Waals surface area contributed by atoms with Gasteiger partial charge in [-0.25, -0.2) is 0 Å². The van der Waals surface area contributed by atoms with Gasteiger partial charge in [0.25, 0.3) is 0 Å². The van der Waals surface area contributed by atoms with Crippen LogP contribution in [0.3, 0.4) is 0 Å². The molecule has 0 aromatic rings. The fourth-order valence-corrected chi connectivity index (χ4v) is 0.277. The van der Waals surface area contributed by atoms with Crippen LogP contribution in [0.5, 0.6) is 0 Å². The van der Waals surface area contributed by atoms with Crippen LogP contribution in [0.2, 0.25) is 0 Å². The van der Waals surface area contributed by atoms with Crippen molar-refractivity contribution in [2.45, 2.75) is 6.42 Å². The first-order chi connectivity index (χ1) is 3.41. The predicted molar refractivity (Wildman–Crippen MR) is 28.8 cm³/mol. The SMILES string of the molecule is NC/C=C/CCF. The number of allylic oxidation sites excluding steroid dienone is 1. The lowest BCUT2D eigenvalue weighted by molar-refractivity contribution is 0.501. The van der Waals surface area contributed by atoms with Gasteiger partial charge in [0.1, 0.15) is 0 Å². The van der Waals surface area contributed by atoms with Crippen molar-refractivity contribution in [2.75, 3.05) is 13.2 Å². The number of nitrogens with two attached hydrogens (primary N) is 1. The van der Waals surface area contributed by atoms with Crippen LogP contribution in [0.15, 0.2) is 12.2 Å². The van der Waals surface area contributed by atoms with E-state index in [-0.39, 0.29) is 6.67 Å². The predicted octanol–water partition coefficient (Wildman–Crippen LogP) is 0.861. The zero-order chi connectivity index (χ0) is 5.54. The minimum absolute atomic E-state index is 0.281. The Kier molecular flexibility index (Phi) is 5.33. The summed E-state index contributed by atoms with van der Waals surface area (Å²) < 4.78 is 11.2. The first kappa shape index (κ1) is 6.63. The second-order valence-electron chi connectivity index (χ2n) is 1.18. The zero-order valence-electron chi connectivity index (χ0n) is 4.23. The van der Waals surface area contributed by atoms with Gasteiger partial charge in [0, 0.05) is 6.54 Å². The Bertz CT molecular complexity index is 52.0. The maximum atomic E-state index is 11.2. The Morgan fingerprint density at radius 3 is 2.57 bits per heavy atom. The zero-order valence-corrected chi connectivity index (χ0v) is 4.23. The molecule has 0 aliphatic rings. The lowest BCUT2D eigenvalue weighted by atomic mass is 10.4. The van der Waals surface area contributed by atoms with Gasteiger partial charge < -0.3 is 5.73 Å². The molecule has 7 heavy (non-hydrogen) atoms. The van der Waals surface area contributed by atoms with Gasteiger partial charge in [-0.05, 0) is 6.42 Å². The molecular formula is C5H10FN. The number of rotatable bonds is 3. The van der Waals surface area contributed by atoms with Crippen molar-refractivity contribution in [3.8, 4) is 0 Å². The second-order valence-corrected chi connectivity index (χ2v) is 1.18. The van der Waals surface area contributed by atoms with Crippen LogP contribution in [0.25, 0.3) is 0 Å². The van der Waals surface area contributed by atoms with Crippen molar-refractivity contribution < 1.29 is 4.39 Å². The normalized spacial score (nSPS) is 10.6. The third-order valence-corrected chi connectivity index (χ3v) is 0.579. The Balaban J connectivity index is 2.78. The maximum absolute atomic E-state index is 11.2. The largest absolute Gasteiger partial charge is 0.327 e. The van der Waals surface area contributed by atoms with Gasteiger partial charge in [-0.2, -0.15) is 0 Å². The highest BCUT2D eigenvalue weighted by Gasteiger charge is 1.71. The van der Waals surface area contributed by atoms with E-state index in [4.69, 9.17) is 5.73 Å². The minimum atomic E-state index is -0.281. The van der Waals surface area contributed by atoms with Crippen molar-refractivity contribution in [1.29, 1.82) is 0 Å². The van der Waals surface area contributed by atoms with Gasteiger partial charge in [0.05, 0.1) is 6.67 Å². The molecule has 0 spiro atoms. The van der Waals surface area contributed by atoms with Crippen LogP contribution < -0.4 is 5.73 Å². The molecule has 2 heteroatoms. The average molecular weight is 103 g/mol. The van der Waals surface area contributed by atoms with E-state index < -0.39 is 0 Å². The fraction of sp³-hybridized carbons (Fsp3) is 0.600. The molecule has 0 rings (SSSR count). The van der Waals surface area contributed by atoms with Gasteiger partial charge in [0.15, 0.2) is 0 Å². The molecule has 0 saturated carbocycles. The first-order valence-corrected chi connectivity index (χ1v) is 2.33. The summed E-state index contributed by atoms with van der Waals surface area (Å²) in [6.07, 6.45) is 3.98. The molecule has 0 aromatic heterocycles. The van der Waals surface area contributed by atoms with E-state index in [1.807, 2.05) is 0 Å². The van der Waals surface area contributed by atoms with E-state index in [1.165, 1.54) is 0 Å². The van der Waals surface area contributed by atoms with Crippen molar-refractivity contribution >= 4 is 0 Å². The smallest absolute Gasteiger partial charge is 0.0928 e. The Hall–Kier alpha value is -0.370. The molecule has 0 atom stereocenters.